The lowest BCUT2D eigenvalue weighted by molar-refractivity contribution is 0.308. The van der Waals surface area contributed by atoms with E-state index in [2.05, 4.69) is 17.0 Å². The Labute approximate surface area is 73.0 Å². The van der Waals surface area contributed by atoms with E-state index in [1.165, 1.54) is 12.8 Å². The maximum Gasteiger partial charge on any atom is 0.153 e. The molecule has 1 heterocycles. The maximum atomic E-state index is 8.35. The number of nitrogens with zero attached hydrogens (tertiary/aromatic N) is 2. The molecule has 3 N–H and O–H groups in total. The predicted molar refractivity (Wildman–Crippen MR) is 48.2 cm³/mol. The summed E-state index contributed by atoms with van der Waals surface area (Å²) in [7, 11) is 0. The molecule has 1 rings (SSSR count). The van der Waals surface area contributed by atoms with Gasteiger partial charge < -0.3 is 10.9 Å². The highest BCUT2D eigenvalue weighted by Gasteiger charge is 2.21. The lowest BCUT2D eigenvalue weighted by Crippen LogP contribution is -2.32. The third-order valence-electron chi connectivity index (χ3n) is 2.46. The number of hydrogen-bond acceptors (Lipinski definition) is 3. The molecule has 0 saturated carbocycles. The Morgan fingerprint density at radius 3 is 3.00 bits per heavy atom. The van der Waals surface area contributed by atoms with Crippen molar-refractivity contribution in [3.8, 4) is 0 Å². The van der Waals surface area contributed by atoms with Crippen molar-refractivity contribution in [2.24, 2.45) is 16.8 Å². The third kappa shape index (κ3) is 2.37. The van der Waals surface area contributed by atoms with Crippen molar-refractivity contribution < 1.29 is 5.21 Å². The van der Waals surface area contributed by atoms with Crippen LogP contribution in [0.15, 0.2) is 5.16 Å². The molecular weight excluding hydrogens is 154 g/mol. The zero-order valence-electron chi connectivity index (χ0n) is 7.53. The van der Waals surface area contributed by atoms with E-state index in [1.807, 2.05) is 0 Å². The maximum absolute atomic E-state index is 8.35. The average molecular weight is 171 g/mol. The Bertz CT molecular complexity index is 170. The molecule has 0 aromatic carbocycles. The van der Waals surface area contributed by atoms with Crippen molar-refractivity contribution in [2.75, 3.05) is 19.6 Å². The number of rotatable bonds is 3. The van der Waals surface area contributed by atoms with Gasteiger partial charge in [0.25, 0.3) is 0 Å². The normalized spacial score (nSPS) is 26.4. The lowest BCUT2D eigenvalue weighted by atomic mass is 10.1. The second-order valence-corrected chi connectivity index (χ2v) is 3.39. The van der Waals surface area contributed by atoms with Crippen molar-refractivity contribution in [3.63, 3.8) is 0 Å². The number of likely N-dealkylation sites (tertiary alicyclic amines) is 1. The topological polar surface area (TPSA) is 61.8 Å². The number of nitrogens with two attached hydrogens (primary N) is 1. The highest BCUT2D eigenvalue weighted by atomic mass is 16.4. The Morgan fingerprint density at radius 1 is 1.75 bits per heavy atom. The molecule has 0 spiro atoms. The van der Waals surface area contributed by atoms with Crippen LogP contribution in [0.2, 0.25) is 0 Å². The summed E-state index contributed by atoms with van der Waals surface area (Å²) in [4.78, 5) is 2.23. The summed E-state index contributed by atoms with van der Waals surface area (Å²) in [5.41, 5.74) is 5.40. The molecule has 1 aliphatic rings. The Balaban J connectivity index is 2.28. The second-order valence-electron chi connectivity index (χ2n) is 3.39. The molecule has 4 nitrogen and oxygen atoms in total. The zero-order valence-corrected chi connectivity index (χ0v) is 7.53. The van der Waals surface area contributed by atoms with Gasteiger partial charge in [0.15, 0.2) is 5.84 Å². The van der Waals surface area contributed by atoms with Gasteiger partial charge in [0.1, 0.15) is 0 Å². The molecule has 1 unspecified atom stereocenters. The highest BCUT2D eigenvalue weighted by molar-refractivity contribution is 5.81. The zero-order chi connectivity index (χ0) is 8.97. The Morgan fingerprint density at radius 2 is 2.50 bits per heavy atom. The van der Waals surface area contributed by atoms with E-state index in [1.54, 1.807) is 0 Å². The van der Waals surface area contributed by atoms with Crippen LogP contribution in [0, 0.1) is 5.92 Å². The van der Waals surface area contributed by atoms with Gasteiger partial charge in [-0.3, -0.25) is 4.90 Å². The first-order chi connectivity index (χ1) is 5.76. The second kappa shape index (κ2) is 4.30. The van der Waals surface area contributed by atoms with Gasteiger partial charge >= 0.3 is 0 Å². The molecular formula is C8H17N3O. The van der Waals surface area contributed by atoms with Crippen molar-refractivity contribution >= 4 is 5.84 Å². The molecule has 1 saturated heterocycles. The van der Waals surface area contributed by atoms with Gasteiger partial charge in [-0.2, -0.15) is 0 Å². The quantitative estimate of drug-likeness (QED) is 0.281. The fraction of sp³-hybridized carbons (Fsp3) is 0.875. The van der Waals surface area contributed by atoms with Crippen LogP contribution in [0.25, 0.3) is 0 Å². The van der Waals surface area contributed by atoms with Crippen LogP contribution in [-0.4, -0.2) is 35.6 Å². The molecule has 1 atom stereocenters. The van der Waals surface area contributed by atoms with Gasteiger partial charge in [-0.25, -0.2) is 0 Å². The fourth-order valence-corrected chi connectivity index (χ4v) is 1.65. The smallest absolute Gasteiger partial charge is 0.153 e. The molecule has 1 fully saturated rings. The average Bonchev–Trinajstić information content (AvgIpc) is 2.52. The van der Waals surface area contributed by atoms with Gasteiger partial charge in [-0.15, -0.1) is 0 Å². The lowest BCUT2D eigenvalue weighted by Gasteiger charge is -2.13. The summed E-state index contributed by atoms with van der Waals surface area (Å²) in [5, 5.41) is 11.3. The highest BCUT2D eigenvalue weighted by Crippen LogP contribution is 2.18. The van der Waals surface area contributed by atoms with E-state index in [0.717, 1.165) is 19.0 Å². The summed E-state index contributed by atoms with van der Waals surface area (Å²) >= 11 is 0. The minimum atomic E-state index is 0.312. The molecule has 1 aliphatic heterocycles. The number of amidine groups is 1. The first-order valence-electron chi connectivity index (χ1n) is 4.45. The summed E-state index contributed by atoms with van der Waals surface area (Å²) in [6, 6.07) is 0. The van der Waals surface area contributed by atoms with Crippen molar-refractivity contribution in [3.05, 3.63) is 0 Å². The molecule has 0 aliphatic carbocycles. The van der Waals surface area contributed by atoms with E-state index >= 15 is 0 Å². The van der Waals surface area contributed by atoms with Crippen LogP contribution in [0.5, 0.6) is 0 Å². The minimum absolute atomic E-state index is 0.312. The predicted octanol–water partition coefficient (Wildman–Crippen LogP) is 0.465. The molecule has 0 radical (unpaired) electrons. The van der Waals surface area contributed by atoms with E-state index in [9.17, 15) is 0 Å². The fourth-order valence-electron chi connectivity index (χ4n) is 1.65. The molecule has 0 aromatic heterocycles. The van der Waals surface area contributed by atoms with Crippen LogP contribution in [0.3, 0.4) is 0 Å². The Kier molecular flexibility index (Phi) is 3.34. The summed E-state index contributed by atoms with van der Waals surface area (Å²) in [6.07, 6.45) is 2.47. The van der Waals surface area contributed by atoms with Crippen molar-refractivity contribution in [1.29, 1.82) is 0 Å². The standard InChI is InChI=1S/C8H17N3O/c1-2-7-3-4-11(5-7)6-8(9)10-12/h7,12H,2-6H2,1H3,(H2,9,10). The third-order valence-corrected chi connectivity index (χ3v) is 2.46. The van der Waals surface area contributed by atoms with Crippen molar-refractivity contribution in [1.82, 2.24) is 4.90 Å². The molecule has 4 heteroatoms. The van der Waals surface area contributed by atoms with E-state index in [4.69, 9.17) is 10.9 Å². The van der Waals surface area contributed by atoms with Crippen LogP contribution in [-0.2, 0) is 0 Å². The summed E-state index contributed by atoms with van der Waals surface area (Å²) < 4.78 is 0. The van der Waals surface area contributed by atoms with Crippen LogP contribution < -0.4 is 5.73 Å². The number of oxime groups is 1. The number of hydrogen-bond donors (Lipinski definition) is 2. The van der Waals surface area contributed by atoms with Gasteiger partial charge in [0.05, 0.1) is 6.54 Å². The van der Waals surface area contributed by atoms with Gasteiger partial charge in [-0.1, -0.05) is 18.5 Å². The van der Waals surface area contributed by atoms with E-state index < -0.39 is 0 Å². The van der Waals surface area contributed by atoms with Gasteiger partial charge in [0.2, 0.25) is 0 Å². The molecule has 0 amide bonds. The van der Waals surface area contributed by atoms with Crippen molar-refractivity contribution in [2.45, 2.75) is 19.8 Å². The van der Waals surface area contributed by atoms with Crippen LogP contribution >= 0.6 is 0 Å². The summed E-state index contributed by atoms with van der Waals surface area (Å²) in [6.45, 7) is 4.98. The molecule has 0 bridgehead atoms. The SMILES string of the molecule is CCC1CCN(CC(N)=NO)C1. The molecule has 70 valence electrons. The molecule has 12 heavy (non-hydrogen) atoms. The summed E-state index contributed by atoms with van der Waals surface area (Å²) in [5.74, 6) is 1.11. The van der Waals surface area contributed by atoms with Gasteiger partial charge in [-0.05, 0) is 18.9 Å². The van der Waals surface area contributed by atoms with Crippen LogP contribution in [0.4, 0.5) is 0 Å². The van der Waals surface area contributed by atoms with Gasteiger partial charge in [0, 0.05) is 6.54 Å². The Hall–Kier alpha value is -0.770. The van der Waals surface area contributed by atoms with E-state index in [-0.39, 0.29) is 0 Å². The monoisotopic (exact) mass is 171 g/mol. The van der Waals surface area contributed by atoms with E-state index in [0.29, 0.717) is 12.4 Å². The first-order valence-corrected chi connectivity index (χ1v) is 4.45. The first kappa shape index (κ1) is 9.32. The minimum Gasteiger partial charge on any atom is -0.409 e. The molecule has 0 aromatic rings. The largest absolute Gasteiger partial charge is 0.409 e. The van der Waals surface area contributed by atoms with Crippen LogP contribution in [0.1, 0.15) is 19.8 Å².